The van der Waals surface area contributed by atoms with Crippen LogP contribution in [0.1, 0.15) is 21.4 Å². The fourth-order valence-corrected chi connectivity index (χ4v) is 3.14. The molecule has 0 fully saturated rings. The van der Waals surface area contributed by atoms with Gasteiger partial charge in [-0.3, -0.25) is 0 Å². The molecule has 0 radical (unpaired) electrons. The largest absolute Gasteiger partial charge is 0.493 e. The van der Waals surface area contributed by atoms with Crippen LogP contribution in [0, 0.1) is 0 Å². The lowest BCUT2D eigenvalue weighted by atomic mass is 9.97. The molecule has 3 rings (SSSR count). The lowest BCUT2D eigenvalue weighted by Crippen LogP contribution is -2.18. The summed E-state index contributed by atoms with van der Waals surface area (Å²) >= 11 is 7.49. The normalized spacial score (nSPS) is 18.5. The molecule has 0 spiro atoms. The van der Waals surface area contributed by atoms with Crippen molar-refractivity contribution in [1.29, 1.82) is 0 Å². The number of ether oxygens (including phenoxy) is 1. The van der Waals surface area contributed by atoms with E-state index in [2.05, 4.69) is 17.1 Å². The summed E-state index contributed by atoms with van der Waals surface area (Å²) in [6.45, 7) is 0.715. The van der Waals surface area contributed by atoms with Crippen LogP contribution in [0.5, 0.6) is 5.75 Å². The molecule has 2 heterocycles. The third-order valence-corrected chi connectivity index (χ3v) is 4.54. The number of halogens is 1. The van der Waals surface area contributed by atoms with E-state index in [1.807, 2.05) is 18.3 Å². The molecule has 0 amide bonds. The Hall–Kier alpha value is -1.06. The summed E-state index contributed by atoms with van der Waals surface area (Å²) < 4.78 is 5.77. The van der Waals surface area contributed by atoms with E-state index in [1.54, 1.807) is 11.3 Å². The average molecular weight is 266 g/mol. The molecule has 0 saturated carbocycles. The molecule has 2 nitrogen and oxygen atoms in total. The number of alkyl halides is 1. The quantitative estimate of drug-likeness (QED) is 0.774. The van der Waals surface area contributed by atoms with Crippen LogP contribution in [-0.2, 0) is 12.3 Å². The topological polar surface area (TPSA) is 22.1 Å². The summed E-state index contributed by atoms with van der Waals surface area (Å²) in [5.41, 5.74) is 1.27. The number of nitrogens with zero attached hydrogens (tertiary/aromatic N) is 1. The summed E-state index contributed by atoms with van der Waals surface area (Å²) in [7, 11) is 0. The number of hydrogen-bond donors (Lipinski definition) is 0. The Morgan fingerprint density at radius 1 is 1.41 bits per heavy atom. The van der Waals surface area contributed by atoms with Crippen molar-refractivity contribution < 1.29 is 4.74 Å². The fraction of sp³-hybridized carbons (Fsp3) is 0.308. The third kappa shape index (κ3) is 2.17. The molecular weight excluding hydrogens is 254 g/mol. The van der Waals surface area contributed by atoms with Crippen molar-refractivity contribution >= 4 is 22.9 Å². The number of aromatic nitrogens is 1. The first kappa shape index (κ1) is 11.1. The van der Waals surface area contributed by atoms with Crippen molar-refractivity contribution in [3.05, 3.63) is 45.9 Å². The van der Waals surface area contributed by atoms with Crippen LogP contribution >= 0.6 is 22.9 Å². The SMILES string of the molecule is ClCc1cnc(C2COc3ccccc3C2)s1. The molecular formula is C13H12ClNOS. The van der Waals surface area contributed by atoms with E-state index >= 15 is 0 Å². The van der Waals surface area contributed by atoms with E-state index in [9.17, 15) is 0 Å². The predicted molar refractivity (Wildman–Crippen MR) is 70.1 cm³/mol. The summed E-state index contributed by atoms with van der Waals surface area (Å²) in [5, 5.41) is 1.13. The van der Waals surface area contributed by atoms with Gasteiger partial charge in [0, 0.05) is 17.0 Å². The van der Waals surface area contributed by atoms with E-state index < -0.39 is 0 Å². The first-order valence-corrected chi connectivity index (χ1v) is 6.93. The van der Waals surface area contributed by atoms with Crippen LogP contribution in [0.15, 0.2) is 30.5 Å². The molecule has 0 aliphatic carbocycles. The molecule has 4 heteroatoms. The fourth-order valence-electron chi connectivity index (χ4n) is 2.06. The van der Waals surface area contributed by atoms with Gasteiger partial charge in [-0.1, -0.05) is 18.2 Å². The number of hydrogen-bond acceptors (Lipinski definition) is 3. The second-order valence-corrected chi connectivity index (χ2v) is 5.53. The minimum absolute atomic E-state index is 0.367. The van der Waals surface area contributed by atoms with Crippen molar-refractivity contribution in [2.75, 3.05) is 6.61 Å². The molecule has 2 aromatic rings. The number of para-hydroxylation sites is 1. The van der Waals surface area contributed by atoms with Gasteiger partial charge < -0.3 is 4.74 Å². The maximum atomic E-state index is 5.80. The Morgan fingerprint density at radius 3 is 3.12 bits per heavy atom. The summed E-state index contributed by atoms with van der Waals surface area (Å²) in [4.78, 5) is 5.56. The number of rotatable bonds is 2. The summed E-state index contributed by atoms with van der Waals surface area (Å²) in [6, 6.07) is 8.21. The summed E-state index contributed by atoms with van der Waals surface area (Å²) in [6.07, 6.45) is 2.87. The van der Waals surface area contributed by atoms with Crippen LogP contribution in [0.25, 0.3) is 0 Å². The number of thiazole rings is 1. The molecule has 0 N–H and O–H groups in total. The van der Waals surface area contributed by atoms with E-state index in [-0.39, 0.29) is 0 Å². The van der Waals surface area contributed by atoms with E-state index in [0.29, 0.717) is 18.4 Å². The number of fused-ring (bicyclic) bond motifs is 1. The van der Waals surface area contributed by atoms with Gasteiger partial charge in [-0.05, 0) is 18.1 Å². The smallest absolute Gasteiger partial charge is 0.122 e. The Labute approximate surface area is 109 Å². The van der Waals surface area contributed by atoms with Crippen molar-refractivity contribution in [2.45, 2.75) is 18.2 Å². The van der Waals surface area contributed by atoms with Crippen LogP contribution in [0.3, 0.4) is 0 Å². The molecule has 1 atom stereocenters. The molecule has 88 valence electrons. The minimum atomic E-state index is 0.367. The maximum Gasteiger partial charge on any atom is 0.122 e. The predicted octanol–water partition coefficient (Wildman–Crippen LogP) is 3.60. The van der Waals surface area contributed by atoms with Gasteiger partial charge in [-0.15, -0.1) is 22.9 Å². The van der Waals surface area contributed by atoms with Crippen LogP contribution < -0.4 is 4.74 Å². The van der Waals surface area contributed by atoms with Gasteiger partial charge in [-0.2, -0.15) is 0 Å². The highest BCUT2D eigenvalue weighted by Crippen LogP contribution is 2.33. The van der Waals surface area contributed by atoms with Crippen LogP contribution in [-0.4, -0.2) is 11.6 Å². The van der Waals surface area contributed by atoms with Crippen molar-refractivity contribution in [3.63, 3.8) is 0 Å². The standard InChI is InChI=1S/C13H12ClNOS/c14-6-11-7-15-13(17-11)10-5-9-3-1-2-4-12(9)16-8-10/h1-4,7,10H,5-6,8H2. The second kappa shape index (κ2) is 4.67. The number of benzene rings is 1. The Bertz CT molecular complexity index is 526. The zero-order valence-electron chi connectivity index (χ0n) is 9.23. The molecule has 1 unspecified atom stereocenters. The summed E-state index contributed by atoms with van der Waals surface area (Å²) in [5.74, 6) is 1.92. The Balaban J connectivity index is 1.84. The maximum absolute atomic E-state index is 5.80. The van der Waals surface area contributed by atoms with Crippen molar-refractivity contribution in [1.82, 2.24) is 4.98 Å². The first-order chi connectivity index (χ1) is 8.36. The highest BCUT2D eigenvalue weighted by atomic mass is 35.5. The second-order valence-electron chi connectivity index (χ2n) is 4.12. The highest BCUT2D eigenvalue weighted by molar-refractivity contribution is 7.11. The molecule has 0 bridgehead atoms. The lowest BCUT2D eigenvalue weighted by Gasteiger charge is -2.23. The zero-order valence-corrected chi connectivity index (χ0v) is 10.8. The lowest BCUT2D eigenvalue weighted by molar-refractivity contribution is 0.262. The highest BCUT2D eigenvalue weighted by Gasteiger charge is 2.23. The first-order valence-electron chi connectivity index (χ1n) is 5.58. The van der Waals surface area contributed by atoms with E-state index in [4.69, 9.17) is 16.3 Å². The van der Waals surface area contributed by atoms with Crippen molar-refractivity contribution in [2.24, 2.45) is 0 Å². The molecule has 0 saturated heterocycles. The van der Waals surface area contributed by atoms with Gasteiger partial charge in [0.05, 0.1) is 17.5 Å². The van der Waals surface area contributed by atoms with Gasteiger partial charge in [0.1, 0.15) is 5.75 Å². The molecule has 1 aromatic carbocycles. The average Bonchev–Trinajstić information content (AvgIpc) is 2.87. The van der Waals surface area contributed by atoms with E-state index in [1.165, 1.54) is 5.56 Å². The van der Waals surface area contributed by atoms with Gasteiger partial charge in [-0.25, -0.2) is 4.98 Å². The van der Waals surface area contributed by atoms with E-state index in [0.717, 1.165) is 22.1 Å². The zero-order chi connectivity index (χ0) is 11.7. The molecule has 17 heavy (non-hydrogen) atoms. The van der Waals surface area contributed by atoms with Crippen LogP contribution in [0.4, 0.5) is 0 Å². The molecule has 1 aliphatic heterocycles. The Morgan fingerprint density at radius 2 is 2.29 bits per heavy atom. The van der Waals surface area contributed by atoms with Gasteiger partial charge >= 0.3 is 0 Å². The van der Waals surface area contributed by atoms with Crippen molar-refractivity contribution in [3.8, 4) is 5.75 Å². The minimum Gasteiger partial charge on any atom is -0.493 e. The monoisotopic (exact) mass is 265 g/mol. The molecule has 1 aliphatic rings. The molecule has 1 aromatic heterocycles. The van der Waals surface area contributed by atoms with Gasteiger partial charge in [0.15, 0.2) is 0 Å². The van der Waals surface area contributed by atoms with Crippen LogP contribution in [0.2, 0.25) is 0 Å². The third-order valence-electron chi connectivity index (χ3n) is 2.93. The van der Waals surface area contributed by atoms with Gasteiger partial charge in [0.25, 0.3) is 0 Å². The Kier molecular flexibility index (Phi) is 3.04. The van der Waals surface area contributed by atoms with Gasteiger partial charge in [0.2, 0.25) is 0 Å².